The summed E-state index contributed by atoms with van der Waals surface area (Å²) in [5, 5.41) is 0. The van der Waals surface area contributed by atoms with Crippen molar-refractivity contribution in [2.24, 2.45) is 7.05 Å². The van der Waals surface area contributed by atoms with Gasteiger partial charge in [0.05, 0.1) is 13.2 Å². The van der Waals surface area contributed by atoms with Crippen LogP contribution in [-0.4, -0.2) is 60.8 Å². The lowest BCUT2D eigenvalue weighted by molar-refractivity contribution is 0.0369. The van der Waals surface area contributed by atoms with Crippen molar-refractivity contribution in [1.82, 2.24) is 28.0 Å². The third kappa shape index (κ3) is 4.12. The van der Waals surface area contributed by atoms with Gasteiger partial charge in [0.2, 0.25) is 5.78 Å². The molecule has 0 atom stereocenters. The van der Waals surface area contributed by atoms with E-state index >= 15 is 0 Å². The van der Waals surface area contributed by atoms with Crippen LogP contribution in [0, 0.1) is 6.92 Å². The molecule has 4 aromatic rings. The normalized spacial score (nSPS) is 15.2. The largest absolute Gasteiger partial charge is 0.379 e. The molecule has 0 saturated carbocycles. The van der Waals surface area contributed by atoms with Gasteiger partial charge in [0.25, 0.3) is 5.56 Å². The minimum atomic E-state index is -0.369. The second-order valence-electron chi connectivity index (χ2n) is 8.75. The summed E-state index contributed by atoms with van der Waals surface area (Å²) in [6.07, 6.45) is 6.67. The van der Waals surface area contributed by atoms with Crippen LogP contribution in [0.2, 0.25) is 0 Å². The first kappa shape index (κ1) is 22.4. The lowest BCUT2D eigenvalue weighted by Gasteiger charge is -2.26. The Morgan fingerprint density at radius 3 is 2.59 bits per heavy atom. The third-order valence-electron chi connectivity index (χ3n) is 6.50. The number of aryl methyl sites for hydroxylation is 3. The zero-order chi connectivity index (χ0) is 23.7. The van der Waals surface area contributed by atoms with E-state index in [0.717, 1.165) is 57.1 Å². The first-order chi connectivity index (χ1) is 16.5. The molecule has 0 radical (unpaired) electrons. The molecule has 3 aromatic heterocycles. The predicted molar refractivity (Wildman–Crippen MR) is 132 cm³/mol. The fraction of sp³-hybridized carbons (Fsp3) is 0.400. The molecule has 34 heavy (non-hydrogen) atoms. The smallest absolute Gasteiger partial charge is 0.332 e. The number of ether oxygens (including phenoxy) is 1. The fourth-order valence-corrected chi connectivity index (χ4v) is 4.63. The summed E-state index contributed by atoms with van der Waals surface area (Å²) < 4.78 is 12.1. The molecule has 1 saturated heterocycles. The first-order valence-corrected chi connectivity index (χ1v) is 11.7. The highest BCUT2D eigenvalue weighted by Crippen LogP contribution is 2.17. The van der Waals surface area contributed by atoms with E-state index in [1.165, 1.54) is 9.13 Å². The van der Waals surface area contributed by atoms with Crippen LogP contribution in [0.5, 0.6) is 0 Å². The van der Waals surface area contributed by atoms with Gasteiger partial charge in [-0.25, -0.2) is 4.79 Å². The van der Waals surface area contributed by atoms with Gasteiger partial charge < -0.3 is 9.30 Å². The molecule has 1 fully saturated rings. The molecule has 9 nitrogen and oxygen atoms in total. The van der Waals surface area contributed by atoms with Gasteiger partial charge in [-0.3, -0.25) is 23.2 Å². The maximum Gasteiger partial charge on any atom is 0.332 e. The Bertz CT molecular complexity index is 1450. The minimum absolute atomic E-state index is 0.197. The highest BCUT2D eigenvalue weighted by atomic mass is 16.5. The number of fused-ring (bicyclic) bond motifs is 3. The zero-order valence-electron chi connectivity index (χ0n) is 19.7. The Morgan fingerprint density at radius 1 is 1.06 bits per heavy atom. The summed E-state index contributed by atoms with van der Waals surface area (Å²) in [5.74, 6) is 0.694. The van der Waals surface area contributed by atoms with E-state index in [0.29, 0.717) is 16.9 Å². The Kier molecular flexibility index (Phi) is 6.21. The van der Waals surface area contributed by atoms with Crippen LogP contribution in [-0.2, 0) is 24.9 Å². The van der Waals surface area contributed by atoms with Crippen LogP contribution in [0.3, 0.4) is 0 Å². The van der Waals surface area contributed by atoms with Gasteiger partial charge in [-0.2, -0.15) is 4.98 Å². The van der Waals surface area contributed by atoms with Crippen molar-refractivity contribution < 1.29 is 4.74 Å². The maximum atomic E-state index is 13.4. The van der Waals surface area contributed by atoms with Gasteiger partial charge in [0.1, 0.15) is 0 Å². The van der Waals surface area contributed by atoms with E-state index in [-0.39, 0.29) is 17.8 Å². The van der Waals surface area contributed by atoms with Crippen molar-refractivity contribution in [3.63, 3.8) is 0 Å². The molecule has 0 spiro atoms. The minimum Gasteiger partial charge on any atom is -0.379 e. The van der Waals surface area contributed by atoms with E-state index in [1.54, 1.807) is 7.05 Å². The number of allylic oxidation sites excluding steroid dienone is 1. The topological polar surface area (TPSA) is 78.7 Å². The average molecular weight is 463 g/mol. The molecule has 4 heterocycles. The van der Waals surface area contributed by atoms with Gasteiger partial charge >= 0.3 is 5.69 Å². The Morgan fingerprint density at radius 2 is 1.82 bits per heavy atom. The van der Waals surface area contributed by atoms with Crippen LogP contribution in [0.4, 0.5) is 0 Å². The van der Waals surface area contributed by atoms with Crippen molar-refractivity contribution in [2.75, 3.05) is 32.8 Å². The van der Waals surface area contributed by atoms with E-state index in [4.69, 9.17) is 9.72 Å². The van der Waals surface area contributed by atoms with Crippen molar-refractivity contribution in [2.45, 2.75) is 26.4 Å². The number of imidazole rings is 2. The molecule has 0 unspecified atom stereocenters. The molecule has 1 aromatic carbocycles. The summed E-state index contributed by atoms with van der Waals surface area (Å²) in [6.45, 7) is 7.53. The molecule has 1 aliphatic rings. The van der Waals surface area contributed by atoms with Gasteiger partial charge in [-0.1, -0.05) is 42.5 Å². The molecule has 1 aliphatic heterocycles. The molecule has 9 heteroatoms. The predicted octanol–water partition coefficient (Wildman–Crippen LogP) is 1.89. The van der Waals surface area contributed by atoms with Crippen LogP contribution in [0.25, 0.3) is 23.0 Å². The van der Waals surface area contributed by atoms with Crippen LogP contribution in [0.15, 0.2) is 52.2 Å². The lowest BCUT2D eigenvalue weighted by Crippen LogP contribution is -2.39. The second-order valence-corrected chi connectivity index (χ2v) is 8.75. The number of hydrogen-bond donors (Lipinski definition) is 0. The van der Waals surface area contributed by atoms with Crippen molar-refractivity contribution >= 4 is 23.0 Å². The number of hydrogen-bond acceptors (Lipinski definition) is 5. The average Bonchev–Trinajstić information content (AvgIpc) is 3.36. The van der Waals surface area contributed by atoms with Gasteiger partial charge in [-0.05, 0) is 18.9 Å². The number of aromatic nitrogens is 5. The monoisotopic (exact) mass is 462 g/mol. The molecule has 0 N–H and O–H groups in total. The van der Waals surface area contributed by atoms with E-state index < -0.39 is 0 Å². The maximum absolute atomic E-state index is 13.4. The molecule has 0 bridgehead atoms. The van der Waals surface area contributed by atoms with Crippen LogP contribution < -0.4 is 11.2 Å². The standard InChI is InChI=1S/C25H30N6O3/c1-19-18-31-21-22(26-24(31)29(19)13-7-11-28-14-16-34-17-15-28)27(2)25(33)30(23(21)32)12-6-10-20-8-4-3-5-9-20/h3-6,8-10,18H,7,11-17H2,1-2H3. The summed E-state index contributed by atoms with van der Waals surface area (Å²) in [7, 11) is 1.67. The molecule has 0 aliphatic carbocycles. The molecule has 178 valence electrons. The van der Waals surface area contributed by atoms with Gasteiger partial charge in [-0.15, -0.1) is 0 Å². The van der Waals surface area contributed by atoms with Crippen molar-refractivity contribution in [3.8, 4) is 0 Å². The quantitative estimate of drug-likeness (QED) is 0.419. The highest BCUT2D eigenvalue weighted by molar-refractivity contribution is 5.75. The van der Waals surface area contributed by atoms with Crippen LogP contribution >= 0.6 is 0 Å². The first-order valence-electron chi connectivity index (χ1n) is 11.7. The van der Waals surface area contributed by atoms with Gasteiger partial charge in [0, 0.05) is 51.7 Å². The summed E-state index contributed by atoms with van der Waals surface area (Å²) >= 11 is 0. The highest BCUT2D eigenvalue weighted by Gasteiger charge is 2.20. The molecular formula is C25H30N6O3. The Balaban J connectivity index is 1.46. The second kappa shape index (κ2) is 9.44. The fourth-order valence-electron chi connectivity index (χ4n) is 4.63. The SMILES string of the molecule is Cc1cn2c3c(=O)n(CC=Cc4ccccc4)c(=O)n(C)c3nc2n1CCCN1CCOCC1. The van der Waals surface area contributed by atoms with Gasteiger partial charge in [0.15, 0.2) is 11.2 Å². The molecule has 0 amide bonds. The van der Waals surface area contributed by atoms with Crippen molar-refractivity contribution in [1.29, 1.82) is 0 Å². The molecular weight excluding hydrogens is 432 g/mol. The number of morpholine rings is 1. The van der Waals surface area contributed by atoms with E-state index in [9.17, 15) is 9.59 Å². The number of rotatable bonds is 7. The van der Waals surface area contributed by atoms with Crippen molar-refractivity contribution in [3.05, 3.63) is 74.7 Å². The van der Waals surface area contributed by atoms with Crippen LogP contribution in [0.1, 0.15) is 17.7 Å². The zero-order valence-corrected chi connectivity index (χ0v) is 19.7. The summed E-state index contributed by atoms with van der Waals surface area (Å²) in [4.78, 5) is 33.5. The third-order valence-corrected chi connectivity index (χ3v) is 6.50. The lowest BCUT2D eigenvalue weighted by atomic mass is 10.2. The Labute approximate surface area is 197 Å². The number of benzene rings is 1. The molecule has 5 rings (SSSR count). The summed E-state index contributed by atoms with van der Waals surface area (Å²) in [6, 6.07) is 9.81. The summed E-state index contributed by atoms with van der Waals surface area (Å²) in [5.41, 5.74) is 2.20. The van der Waals surface area contributed by atoms with E-state index in [2.05, 4.69) is 9.47 Å². The Hall–Kier alpha value is -3.43. The van der Waals surface area contributed by atoms with E-state index in [1.807, 2.05) is 60.0 Å². The number of nitrogens with zero attached hydrogens (tertiary/aromatic N) is 6.